The first-order valence-electron chi connectivity index (χ1n) is 3.65. The van der Waals surface area contributed by atoms with Crippen molar-refractivity contribution in [3.8, 4) is 0 Å². The number of fused-ring (bicyclic) bond motifs is 1. The smallest absolute Gasteiger partial charge is 0.187 e. The number of hydrogen-bond donors (Lipinski definition) is 0. The molecule has 2 aliphatic heterocycles. The van der Waals surface area contributed by atoms with Crippen LogP contribution in [0.2, 0.25) is 0 Å². The van der Waals surface area contributed by atoms with Crippen molar-refractivity contribution in [2.24, 2.45) is 0 Å². The third kappa shape index (κ3) is 0.944. The fourth-order valence-electron chi connectivity index (χ4n) is 1.44. The van der Waals surface area contributed by atoms with Crippen LogP contribution in [0.1, 0.15) is 20.3 Å². The van der Waals surface area contributed by atoms with Gasteiger partial charge in [-0.15, -0.1) is 0 Å². The number of rotatable bonds is 0. The van der Waals surface area contributed by atoms with Crippen LogP contribution in [0.15, 0.2) is 0 Å². The van der Waals surface area contributed by atoms with E-state index in [0.29, 0.717) is 0 Å². The van der Waals surface area contributed by atoms with E-state index in [4.69, 9.17) is 14.2 Å². The van der Waals surface area contributed by atoms with E-state index in [2.05, 4.69) is 0 Å². The largest absolute Gasteiger partial charge is 0.350 e. The molecule has 0 aromatic heterocycles. The van der Waals surface area contributed by atoms with Gasteiger partial charge in [-0.1, -0.05) is 0 Å². The zero-order chi connectivity index (χ0) is 7.19. The molecule has 0 aromatic carbocycles. The first-order valence-corrected chi connectivity index (χ1v) is 3.65. The van der Waals surface area contributed by atoms with Crippen LogP contribution < -0.4 is 0 Å². The summed E-state index contributed by atoms with van der Waals surface area (Å²) in [6.45, 7) is 4.59. The summed E-state index contributed by atoms with van der Waals surface area (Å²) in [4.78, 5) is 0. The maximum Gasteiger partial charge on any atom is 0.187 e. The molecule has 0 aliphatic carbocycles. The van der Waals surface area contributed by atoms with Crippen LogP contribution in [0.5, 0.6) is 0 Å². The topological polar surface area (TPSA) is 27.7 Å². The summed E-state index contributed by atoms with van der Waals surface area (Å²) < 4.78 is 16.2. The predicted octanol–water partition coefficient (Wildman–Crippen LogP) is 0.884. The van der Waals surface area contributed by atoms with E-state index in [-0.39, 0.29) is 12.4 Å². The quantitative estimate of drug-likeness (QED) is 0.505. The second kappa shape index (κ2) is 1.94. The van der Waals surface area contributed by atoms with Gasteiger partial charge in [0.05, 0.1) is 6.61 Å². The minimum absolute atomic E-state index is 0.102. The molecule has 0 bridgehead atoms. The Morgan fingerprint density at radius 2 is 2.10 bits per heavy atom. The molecule has 2 heterocycles. The lowest BCUT2D eigenvalue weighted by Crippen LogP contribution is -2.22. The van der Waals surface area contributed by atoms with Gasteiger partial charge in [-0.25, -0.2) is 0 Å². The van der Waals surface area contributed by atoms with Gasteiger partial charge in [-0.05, 0) is 13.8 Å². The summed E-state index contributed by atoms with van der Waals surface area (Å²) in [5, 5.41) is 0. The molecular weight excluding hydrogens is 132 g/mol. The molecule has 0 radical (unpaired) electrons. The molecule has 0 N–H and O–H groups in total. The Hall–Kier alpha value is -0.120. The molecule has 2 fully saturated rings. The Bertz CT molecular complexity index is 130. The fourth-order valence-corrected chi connectivity index (χ4v) is 1.44. The Balaban J connectivity index is 2.07. The second-order valence-corrected chi connectivity index (χ2v) is 3.20. The average molecular weight is 144 g/mol. The van der Waals surface area contributed by atoms with Crippen molar-refractivity contribution in [1.82, 2.24) is 0 Å². The van der Waals surface area contributed by atoms with E-state index in [9.17, 15) is 0 Å². The molecule has 0 spiro atoms. The molecule has 2 rings (SSSR count). The Kier molecular flexibility index (Phi) is 1.27. The maximum absolute atomic E-state index is 5.53. The summed E-state index contributed by atoms with van der Waals surface area (Å²) in [6.07, 6.45) is 1.04. The van der Waals surface area contributed by atoms with E-state index < -0.39 is 5.79 Å². The Morgan fingerprint density at radius 1 is 1.30 bits per heavy atom. The molecule has 58 valence electrons. The second-order valence-electron chi connectivity index (χ2n) is 3.20. The summed E-state index contributed by atoms with van der Waals surface area (Å²) >= 11 is 0. The zero-order valence-electron chi connectivity index (χ0n) is 6.29. The first-order chi connectivity index (χ1) is 4.67. The predicted molar refractivity (Wildman–Crippen MR) is 34.4 cm³/mol. The third-order valence-electron chi connectivity index (χ3n) is 1.82. The van der Waals surface area contributed by atoms with Crippen molar-refractivity contribution >= 4 is 0 Å². The van der Waals surface area contributed by atoms with Crippen LogP contribution in [0.4, 0.5) is 0 Å². The van der Waals surface area contributed by atoms with Crippen LogP contribution in [-0.4, -0.2) is 24.8 Å². The summed E-state index contributed by atoms with van der Waals surface area (Å²) in [7, 11) is 0. The van der Waals surface area contributed by atoms with E-state index >= 15 is 0 Å². The maximum atomic E-state index is 5.53. The minimum atomic E-state index is -0.435. The summed E-state index contributed by atoms with van der Waals surface area (Å²) in [5.41, 5.74) is 0. The van der Waals surface area contributed by atoms with Crippen molar-refractivity contribution in [2.75, 3.05) is 6.61 Å². The van der Waals surface area contributed by atoms with Crippen molar-refractivity contribution in [1.29, 1.82) is 0 Å². The molecule has 2 aliphatic rings. The molecule has 0 saturated carbocycles. The standard InChI is InChI=1S/C7H12O3/c1-7(2)9-5-3-4-8-6(5)10-7/h5-6H,3-4H2,1-2H3/t5?,6-/m1/s1. The van der Waals surface area contributed by atoms with E-state index in [1.54, 1.807) is 0 Å². The molecule has 3 nitrogen and oxygen atoms in total. The molecule has 0 amide bonds. The van der Waals surface area contributed by atoms with Gasteiger partial charge in [0.1, 0.15) is 6.10 Å². The van der Waals surface area contributed by atoms with Crippen molar-refractivity contribution in [3.63, 3.8) is 0 Å². The van der Waals surface area contributed by atoms with Crippen LogP contribution in [-0.2, 0) is 14.2 Å². The summed E-state index contributed by atoms with van der Waals surface area (Å²) in [6, 6.07) is 0. The van der Waals surface area contributed by atoms with Gasteiger partial charge in [0.25, 0.3) is 0 Å². The highest BCUT2D eigenvalue weighted by Crippen LogP contribution is 2.33. The molecule has 0 aromatic rings. The van der Waals surface area contributed by atoms with Gasteiger partial charge in [0.15, 0.2) is 12.1 Å². The monoisotopic (exact) mass is 144 g/mol. The van der Waals surface area contributed by atoms with Gasteiger partial charge < -0.3 is 14.2 Å². The number of ether oxygens (including phenoxy) is 3. The minimum Gasteiger partial charge on any atom is -0.350 e. The highest BCUT2D eigenvalue weighted by Gasteiger charge is 2.44. The lowest BCUT2D eigenvalue weighted by Gasteiger charge is -2.17. The Labute approximate surface area is 60.3 Å². The number of hydrogen-bond acceptors (Lipinski definition) is 3. The lowest BCUT2D eigenvalue weighted by molar-refractivity contribution is -0.192. The summed E-state index contributed by atoms with van der Waals surface area (Å²) in [5.74, 6) is -0.435. The SMILES string of the molecule is CC1(C)OC2CCO[C@@H]2O1. The normalized spacial score (nSPS) is 43.8. The van der Waals surface area contributed by atoms with Crippen LogP contribution >= 0.6 is 0 Å². The highest BCUT2D eigenvalue weighted by atomic mass is 16.8. The van der Waals surface area contributed by atoms with Gasteiger partial charge in [-0.3, -0.25) is 0 Å². The first kappa shape index (κ1) is 6.58. The van der Waals surface area contributed by atoms with Gasteiger partial charge >= 0.3 is 0 Å². The third-order valence-corrected chi connectivity index (χ3v) is 1.82. The van der Waals surface area contributed by atoms with Crippen LogP contribution in [0, 0.1) is 0 Å². The molecular formula is C7H12O3. The van der Waals surface area contributed by atoms with Crippen molar-refractivity contribution < 1.29 is 14.2 Å². The van der Waals surface area contributed by atoms with Crippen molar-refractivity contribution in [2.45, 2.75) is 38.4 Å². The van der Waals surface area contributed by atoms with E-state index in [0.717, 1.165) is 13.0 Å². The molecule has 1 unspecified atom stereocenters. The van der Waals surface area contributed by atoms with Crippen LogP contribution in [0.3, 0.4) is 0 Å². The average Bonchev–Trinajstić information content (AvgIpc) is 2.20. The molecule has 10 heavy (non-hydrogen) atoms. The molecule has 2 atom stereocenters. The van der Waals surface area contributed by atoms with E-state index in [1.165, 1.54) is 0 Å². The van der Waals surface area contributed by atoms with Gasteiger partial charge in [0.2, 0.25) is 0 Å². The fraction of sp³-hybridized carbons (Fsp3) is 1.00. The van der Waals surface area contributed by atoms with Crippen molar-refractivity contribution in [3.05, 3.63) is 0 Å². The molecule has 2 saturated heterocycles. The zero-order valence-corrected chi connectivity index (χ0v) is 6.29. The van der Waals surface area contributed by atoms with Crippen LogP contribution in [0.25, 0.3) is 0 Å². The lowest BCUT2D eigenvalue weighted by atomic mass is 10.3. The Morgan fingerprint density at radius 3 is 2.80 bits per heavy atom. The highest BCUT2D eigenvalue weighted by molar-refractivity contribution is 4.79. The van der Waals surface area contributed by atoms with Gasteiger partial charge in [-0.2, -0.15) is 0 Å². The van der Waals surface area contributed by atoms with Gasteiger partial charge in [0, 0.05) is 6.42 Å². The van der Waals surface area contributed by atoms with E-state index in [1.807, 2.05) is 13.8 Å². The molecule has 3 heteroatoms.